The Kier molecular flexibility index (Phi) is 13.5. The average molecular weight is 878 g/mol. The van der Waals surface area contributed by atoms with Gasteiger partial charge in [-0.15, -0.1) is 52.0 Å². The minimum atomic E-state index is -0.337. The average Bonchev–Trinajstić information content (AvgIpc) is 3.60. The van der Waals surface area contributed by atoms with Gasteiger partial charge in [0.15, 0.2) is 5.78 Å². The van der Waals surface area contributed by atoms with Gasteiger partial charge >= 0.3 is 0 Å². The van der Waals surface area contributed by atoms with E-state index in [1.807, 2.05) is 58.3 Å². The maximum absolute atomic E-state index is 12.2. The van der Waals surface area contributed by atoms with Crippen LogP contribution in [0.25, 0.3) is 41.6 Å². The molecule has 0 saturated heterocycles. The Morgan fingerprint density at radius 1 is 0.938 bits per heavy atom. The van der Waals surface area contributed by atoms with Gasteiger partial charge in [-0.25, -0.2) is 4.98 Å². The summed E-state index contributed by atoms with van der Waals surface area (Å²) in [6, 6.07) is 14.7. The molecule has 259 valence electrons. The largest absolute Gasteiger partial charge is 0.512 e. The maximum atomic E-state index is 12.2. The van der Waals surface area contributed by atoms with E-state index in [4.69, 9.17) is 4.98 Å². The molecule has 1 radical (unpaired) electrons. The third kappa shape index (κ3) is 8.33. The van der Waals surface area contributed by atoms with E-state index in [-0.39, 0.29) is 47.9 Å². The number of aryl methyl sites for hydroxylation is 1. The molecule has 1 N–H and O–H groups in total. The van der Waals surface area contributed by atoms with Crippen LogP contribution in [0.2, 0.25) is 0 Å². The van der Waals surface area contributed by atoms with Crippen LogP contribution in [0.15, 0.2) is 65.4 Å². The first-order valence-electron chi connectivity index (χ1n) is 16.5. The molecular formula is C40H49IrN2O2S3-. The molecule has 0 spiro atoms. The van der Waals surface area contributed by atoms with Crippen LogP contribution >= 0.6 is 34.4 Å². The minimum absolute atomic E-state index is 0. The Balaban J connectivity index is 0.000000301. The number of aliphatic hydroxyl groups is 1. The van der Waals surface area contributed by atoms with Crippen LogP contribution < -0.4 is 0 Å². The summed E-state index contributed by atoms with van der Waals surface area (Å²) in [5.74, 6) is 0.286. The van der Waals surface area contributed by atoms with Crippen LogP contribution in [0.1, 0.15) is 98.4 Å². The second kappa shape index (κ2) is 16.1. The van der Waals surface area contributed by atoms with Gasteiger partial charge in [-0.3, -0.25) is 9.78 Å². The number of hydrogen-bond donors (Lipinski definition) is 1. The number of ketones is 1. The van der Waals surface area contributed by atoms with Crippen LogP contribution in [0, 0.1) is 23.8 Å². The molecule has 3 aromatic heterocycles. The molecular weight excluding hydrogens is 829 g/mol. The van der Waals surface area contributed by atoms with Crippen LogP contribution in [-0.2, 0) is 30.3 Å². The number of nitrogens with zero attached hydrogens (tertiary/aromatic N) is 2. The third-order valence-electron chi connectivity index (χ3n) is 9.82. The maximum Gasteiger partial charge on any atom is 0.164 e. The van der Waals surface area contributed by atoms with Crippen LogP contribution in [0.5, 0.6) is 0 Å². The molecule has 5 aromatic rings. The number of benzene rings is 2. The summed E-state index contributed by atoms with van der Waals surface area (Å²) >= 11 is 5.23. The van der Waals surface area contributed by atoms with Gasteiger partial charge < -0.3 is 5.11 Å². The van der Waals surface area contributed by atoms with E-state index in [1.54, 1.807) is 29.4 Å². The molecule has 0 aliphatic carbocycles. The van der Waals surface area contributed by atoms with E-state index < -0.39 is 0 Å². The van der Waals surface area contributed by atoms with Gasteiger partial charge in [0.25, 0.3) is 0 Å². The number of carbonyl (C=O) groups excluding carboxylic acids is 1. The molecule has 3 heterocycles. The van der Waals surface area contributed by atoms with E-state index in [9.17, 15) is 9.90 Å². The zero-order valence-corrected chi connectivity index (χ0v) is 34.8. The van der Waals surface area contributed by atoms with Crippen molar-refractivity contribution in [2.75, 3.05) is 0 Å². The van der Waals surface area contributed by atoms with Gasteiger partial charge in [0.05, 0.1) is 0 Å². The predicted molar refractivity (Wildman–Crippen MR) is 207 cm³/mol. The molecule has 0 atom stereocenters. The fourth-order valence-corrected chi connectivity index (χ4v) is 8.43. The Bertz CT molecular complexity index is 1940. The van der Waals surface area contributed by atoms with Crippen molar-refractivity contribution in [3.63, 3.8) is 0 Å². The van der Waals surface area contributed by atoms with Crippen molar-refractivity contribution in [3.8, 4) is 11.3 Å². The second-order valence-electron chi connectivity index (χ2n) is 13.8. The molecule has 0 saturated carbocycles. The van der Waals surface area contributed by atoms with Crippen molar-refractivity contribution in [1.29, 1.82) is 0 Å². The first kappa shape index (κ1) is 40.1. The van der Waals surface area contributed by atoms with Crippen molar-refractivity contribution in [1.82, 2.24) is 9.97 Å². The van der Waals surface area contributed by atoms with E-state index in [0.717, 1.165) is 47.2 Å². The van der Waals surface area contributed by atoms with Gasteiger partial charge in [-0.1, -0.05) is 73.8 Å². The van der Waals surface area contributed by atoms with E-state index in [2.05, 4.69) is 75.7 Å². The van der Waals surface area contributed by atoms with Crippen molar-refractivity contribution in [3.05, 3.63) is 77.0 Å². The summed E-state index contributed by atoms with van der Waals surface area (Å²) in [4.78, 5) is 25.1. The summed E-state index contributed by atoms with van der Waals surface area (Å²) in [5.41, 5.74) is 2.66. The zero-order chi connectivity index (χ0) is 34.7. The Labute approximate surface area is 312 Å². The fourth-order valence-electron chi connectivity index (χ4n) is 5.55. The van der Waals surface area contributed by atoms with Gasteiger partial charge in [-0.2, -0.15) is 11.8 Å². The number of fused-ring (bicyclic) bond motifs is 4. The minimum Gasteiger partial charge on any atom is -0.512 e. The van der Waals surface area contributed by atoms with Crippen LogP contribution in [-0.4, -0.2) is 20.9 Å². The van der Waals surface area contributed by atoms with Gasteiger partial charge in [0, 0.05) is 62.4 Å². The molecule has 0 bridgehead atoms. The number of thiophene rings is 2. The first-order chi connectivity index (χ1) is 22.1. The second-order valence-corrected chi connectivity index (χ2v) is 17.2. The SMILES string of the molecule is C=CSc1c[c-]c(-c2ncnc3sc4cc5sc(C)cc5cc4c23)cc1C(C)(C)C.CCC(C)(CC)C(=O)/C=C(\O)C(C)(CC)CC.[Ir]. The van der Waals surface area contributed by atoms with Crippen molar-refractivity contribution in [2.45, 2.75) is 105 Å². The van der Waals surface area contributed by atoms with E-state index >= 15 is 0 Å². The van der Waals surface area contributed by atoms with Crippen molar-refractivity contribution in [2.24, 2.45) is 10.8 Å². The summed E-state index contributed by atoms with van der Waals surface area (Å²) in [5, 5.41) is 15.7. The van der Waals surface area contributed by atoms with Crippen LogP contribution in [0.3, 0.4) is 0 Å². The Morgan fingerprint density at radius 3 is 2.17 bits per heavy atom. The summed E-state index contributed by atoms with van der Waals surface area (Å²) < 4.78 is 2.59. The first-order valence-corrected chi connectivity index (χ1v) is 19.0. The van der Waals surface area contributed by atoms with Gasteiger partial charge in [-0.05, 0) is 72.4 Å². The molecule has 0 fully saturated rings. The third-order valence-corrected chi connectivity index (χ3v) is 12.7. The fraction of sp³-hybridized carbons (Fsp3) is 0.425. The molecule has 2 aromatic carbocycles. The summed E-state index contributed by atoms with van der Waals surface area (Å²) in [6.07, 6.45) is 6.43. The molecule has 0 aliphatic heterocycles. The number of rotatable bonds is 10. The van der Waals surface area contributed by atoms with Gasteiger partial charge in [0.2, 0.25) is 0 Å². The van der Waals surface area contributed by atoms with Gasteiger partial charge in [0.1, 0.15) is 16.9 Å². The molecule has 0 aliphatic rings. The normalized spacial score (nSPS) is 12.6. The number of hydrogen-bond acceptors (Lipinski definition) is 7. The molecule has 4 nitrogen and oxygen atoms in total. The van der Waals surface area contributed by atoms with Crippen molar-refractivity contribution < 1.29 is 30.0 Å². The Morgan fingerprint density at radius 2 is 1.58 bits per heavy atom. The Hall–Kier alpha value is -2.35. The predicted octanol–water partition coefficient (Wildman–Crippen LogP) is 13.0. The number of aliphatic hydroxyl groups excluding tert-OH is 1. The topological polar surface area (TPSA) is 63.1 Å². The summed E-state index contributed by atoms with van der Waals surface area (Å²) in [7, 11) is 0. The smallest absolute Gasteiger partial charge is 0.164 e. The molecule has 0 unspecified atom stereocenters. The molecule has 0 amide bonds. The van der Waals surface area contributed by atoms with E-state index in [1.165, 1.54) is 41.6 Å². The van der Waals surface area contributed by atoms with E-state index in [0.29, 0.717) is 0 Å². The number of carbonyl (C=O) groups is 1. The summed E-state index contributed by atoms with van der Waals surface area (Å²) in [6.45, 7) is 24.9. The number of allylic oxidation sites excluding steroid dienone is 2. The zero-order valence-electron chi connectivity index (χ0n) is 30.0. The monoisotopic (exact) mass is 878 g/mol. The quantitative estimate of drug-likeness (QED) is 0.0655. The molecule has 8 heteroatoms. The standard InChI is InChI=1S/C25H21N2S3.C15H28O2.Ir/c1-6-28-19-8-7-15(11-18(19)25(3,4)5)23-22-17-10-16-9-14(2)29-20(16)12-21(17)30-24(22)27-13-26-23;1-7-14(5,8-2)12(16)11-13(17)15(6,9-3)10-4;/h6,8-13H,1H2,2-5H3;11,16H,7-10H2,1-6H3;/q-1;;/b;12-11-;. The van der Waals surface area contributed by atoms with Crippen molar-refractivity contribution >= 4 is 70.6 Å². The van der Waals surface area contributed by atoms with Crippen LogP contribution in [0.4, 0.5) is 0 Å². The molecule has 5 rings (SSSR count). The number of thioether (sulfide) groups is 1. The molecule has 48 heavy (non-hydrogen) atoms. The number of aromatic nitrogens is 2.